The summed E-state index contributed by atoms with van der Waals surface area (Å²) in [4.78, 5) is 29.3. The maximum atomic E-state index is 13.2. The van der Waals surface area contributed by atoms with Crippen LogP contribution in [0.15, 0.2) is 54.7 Å². The molecule has 4 rings (SSSR count). The first-order chi connectivity index (χ1) is 16.6. The Bertz CT molecular complexity index is 1440. The van der Waals surface area contributed by atoms with Crippen LogP contribution in [0.1, 0.15) is 44.5 Å². The molecule has 2 aromatic heterocycles. The normalized spacial score (nSPS) is 11.5. The van der Waals surface area contributed by atoms with E-state index in [0.29, 0.717) is 28.3 Å². The zero-order valence-corrected chi connectivity index (χ0v) is 19.1. The van der Waals surface area contributed by atoms with Gasteiger partial charge in [-0.15, -0.1) is 0 Å². The van der Waals surface area contributed by atoms with E-state index in [2.05, 4.69) is 15.4 Å². The summed E-state index contributed by atoms with van der Waals surface area (Å²) in [5.74, 6) is -1.20. The summed E-state index contributed by atoms with van der Waals surface area (Å²) < 4.78 is 46.3. The highest BCUT2D eigenvalue weighted by molar-refractivity contribution is 6.04. The summed E-state index contributed by atoms with van der Waals surface area (Å²) in [5, 5.41) is 7.07. The van der Waals surface area contributed by atoms with Crippen molar-refractivity contribution in [1.29, 1.82) is 0 Å². The number of aromatic nitrogens is 3. The minimum absolute atomic E-state index is 0.0365. The fourth-order valence-corrected chi connectivity index (χ4v) is 3.74. The molecule has 4 aromatic rings. The molecule has 0 bridgehead atoms. The maximum absolute atomic E-state index is 13.2. The van der Waals surface area contributed by atoms with Gasteiger partial charge in [0.05, 0.1) is 23.6 Å². The standard InChI is InChI=1S/C25H21F3N4O3/c1-4-35-24(34)21-15(3)31-32-20(10-11-29-22(21)32)16-6-5-7-18(12-16)30-23(33)17-9-8-14(2)19(13-17)25(26,27)28/h5-13H,4H2,1-3H3,(H,30,33). The van der Waals surface area contributed by atoms with Crippen LogP contribution in [0.25, 0.3) is 16.9 Å². The van der Waals surface area contributed by atoms with E-state index in [1.165, 1.54) is 29.8 Å². The number of alkyl halides is 3. The lowest BCUT2D eigenvalue weighted by Gasteiger charge is -2.13. The molecule has 0 radical (unpaired) electrons. The highest BCUT2D eigenvalue weighted by Gasteiger charge is 2.33. The average molecular weight is 482 g/mol. The number of fused-ring (bicyclic) bond motifs is 1. The fourth-order valence-electron chi connectivity index (χ4n) is 3.74. The number of hydrogen-bond donors (Lipinski definition) is 1. The molecule has 0 aliphatic heterocycles. The number of rotatable bonds is 5. The quantitative estimate of drug-likeness (QED) is 0.382. The van der Waals surface area contributed by atoms with E-state index in [-0.39, 0.29) is 23.3 Å². The van der Waals surface area contributed by atoms with Gasteiger partial charge in [-0.2, -0.15) is 18.3 Å². The minimum atomic E-state index is -4.56. The molecular weight excluding hydrogens is 461 g/mol. The Hall–Kier alpha value is -4.21. The molecule has 180 valence electrons. The highest BCUT2D eigenvalue weighted by Crippen LogP contribution is 2.32. The molecule has 0 saturated heterocycles. The van der Waals surface area contributed by atoms with Gasteiger partial charge in [0.25, 0.3) is 5.91 Å². The number of benzene rings is 2. The first-order valence-electron chi connectivity index (χ1n) is 10.7. The highest BCUT2D eigenvalue weighted by atomic mass is 19.4. The van der Waals surface area contributed by atoms with Crippen molar-refractivity contribution >= 4 is 23.2 Å². The summed E-state index contributed by atoms with van der Waals surface area (Å²) in [6.45, 7) is 4.94. The van der Waals surface area contributed by atoms with Gasteiger partial charge in [-0.3, -0.25) is 4.79 Å². The molecule has 0 aliphatic carbocycles. The van der Waals surface area contributed by atoms with E-state index in [4.69, 9.17) is 4.74 Å². The van der Waals surface area contributed by atoms with Crippen molar-refractivity contribution in [3.05, 3.63) is 82.7 Å². The van der Waals surface area contributed by atoms with Crippen molar-refractivity contribution in [3.8, 4) is 11.3 Å². The smallest absolute Gasteiger partial charge is 0.416 e. The lowest BCUT2D eigenvalue weighted by molar-refractivity contribution is -0.138. The molecule has 0 unspecified atom stereocenters. The van der Waals surface area contributed by atoms with Crippen molar-refractivity contribution in [2.75, 3.05) is 11.9 Å². The number of nitrogens with zero attached hydrogens (tertiary/aromatic N) is 3. The van der Waals surface area contributed by atoms with Gasteiger partial charge in [-0.25, -0.2) is 14.3 Å². The molecule has 0 atom stereocenters. The number of ether oxygens (including phenoxy) is 1. The molecule has 2 heterocycles. The van der Waals surface area contributed by atoms with E-state index in [0.717, 1.165) is 6.07 Å². The molecule has 2 aromatic carbocycles. The Kier molecular flexibility index (Phi) is 6.29. The van der Waals surface area contributed by atoms with Crippen molar-refractivity contribution < 1.29 is 27.5 Å². The maximum Gasteiger partial charge on any atom is 0.416 e. The first-order valence-corrected chi connectivity index (χ1v) is 10.7. The van der Waals surface area contributed by atoms with E-state index in [9.17, 15) is 22.8 Å². The second kappa shape index (κ2) is 9.21. The number of aryl methyl sites for hydroxylation is 2. The van der Waals surface area contributed by atoms with Gasteiger partial charge in [0.1, 0.15) is 5.56 Å². The average Bonchev–Trinajstić information content (AvgIpc) is 3.14. The van der Waals surface area contributed by atoms with E-state index in [1.807, 2.05) is 0 Å². The summed E-state index contributed by atoms with van der Waals surface area (Å²) in [5.41, 5.74) is 1.73. The van der Waals surface area contributed by atoms with Crippen molar-refractivity contribution in [3.63, 3.8) is 0 Å². The van der Waals surface area contributed by atoms with Crippen molar-refractivity contribution in [2.45, 2.75) is 26.9 Å². The zero-order chi connectivity index (χ0) is 25.3. The predicted octanol–water partition coefficient (Wildman–Crippen LogP) is 5.46. The fraction of sp³-hybridized carbons (Fsp3) is 0.200. The molecule has 7 nitrogen and oxygen atoms in total. The topological polar surface area (TPSA) is 85.6 Å². The summed E-state index contributed by atoms with van der Waals surface area (Å²) >= 11 is 0. The predicted molar refractivity (Wildman–Crippen MR) is 123 cm³/mol. The van der Waals surface area contributed by atoms with Crippen LogP contribution in [-0.2, 0) is 10.9 Å². The van der Waals surface area contributed by atoms with Gasteiger partial charge in [-0.1, -0.05) is 18.2 Å². The van der Waals surface area contributed by atoms with E-state index in [1.54, 1.807) is 44.2 Å². The lowest BCUT2D eigenvalue weighted by atomic mass is 10.0. The monoisotopic (exact) mass is 482 g/mol. The van der Waals surface area contributed by atoms with Crippen LogP contribution in [0.4, 0.5) is 18.9 Å². The Morgan fingerprint density at radius 3 is 2.57 bits per heavy atom. The largest absolute Gasteiger partial charge is 0.462 e. The second-order valence-electron chi connectivity index (χ2n) is 7.81. The van der Waals surface area contributed by atoms with Crippen molar-refractivity contribution in [2.24, 2.45) is 0 Å². The molecule has 0 spiro atoms. The Labute approximate surface area is 198 Å². The number of amides is 1. The number of anilines is 1. The van der Waals surface area contributed by atoms with Gasteiger partial charge in [0, 0.05) is 23.0 Å². The van der Waals surface area contributed by atoms with Gasteiger partial charge in [-0.05, 0) is 56.7 Å². The molecule has 0 saturated carbocycles. The summed E-state index contributed by atoms with van der Waals surface area (Å²) in [6.07, 6.45) is -3.03. The molecule has 35 heavy (non-hydrogen) atoms. The molecule has 0 aliphatic rings. The number of esters is 1. The number of carbonyl (C=O) groups excluding carboxylic acids is 2. The van der Waals surface area contributed by atoms with Crippen LogP contribution in [0.5, 0.6) is 0 Å². The van der Waals surface area contributed by atoms with Crippen LogP contribution in [0, 0.1) is 13.8 Å². The Morgan fingerprint density at radius 2 is 1.86 bits per heavy atom. The number of nitrogens with one attached hydrogen (secondary N) is 1. The SMILES string of the molecule is CCOC(=O)c1c(C)nn2c(-c3cccc(NC(=O)c4ccc(C)c(C(F)(F)F)c4)c3)ccnc12. The number of halogens is 3. The molecule has 1 N–H and O–H groups in total. The van der Waals surface area contributed by atoms with Gasteiger partial charge < -0.3 is 10.1 Å². The number of carbonyl (C=O) groups is 2. The summed E-state index contributed by atoms with van der Waals surface area (Å²) in [6, 6.07) is 11.9. The van der Waals surface area contributed by atoms with Crippen molar-refractivity contribution in [1.82, 2.24) is 14.6 Å². The van der Waals surface area contributed by atoms with Gasteiger partial charge in [0.15, 0.2) is 5.65 Å². The van der Waals surface area contributed by atoms with Crippen LogP contribution in [0.2, 0.25) is 0 Å². The first kappa shape index (κ1) is 23.9. The van der Waals surface area contributed by atoms with Crippen LogP contribution in [0.3, 0.4) is 0 Å². The zero-order valence-electron chi connectivity index (χ0n) is 19.1. The molecule has 0 fully saturated rings. The Balaban J connectivity index is 1.67. The van der Waals surface area contributed by atoms with E-state index >= 15 is 0 Å². The van der Waals surface area contributed by atoms with E-state index < -0.39 is 23.6 Å². The van der Waals surface area contributed by atoms with Crippen LogP contribution < -0.4 is 5.32 Å². The third kappa shape index (κ3) is 4.72. The van der Waals surface area contributed by atoms with Gasteiger partial charge in [0.2, 0.25) is 0 Å². The molecular formula is C25H21F3N4O3. The third-order valence-corrected chi connectivity index (χ3v) is 5.39. The second-order valence-corrected chi connectivity index (χ2v) is 7.81. The Morgan fingerprint density at radius 1 is 1.09 bits per heavy atom. The minimum Gasteiger partial charge on any atom is -0.462 e. The lowest BCUT2D eigenvalue weighted by Crippen LogP contribution is -2.15. The molecule has 10 heteroatoms. The van der Waals surface area contributed by atoms with Crippen LogP contribution >= 0.6 is 0 Å². The van der Waals surface area contributed by atoms with Crippen LogP contribution in [-0.4, -0.2) is 33.1 Å². The summed E-state index contributed by atoms with van der Waals surface area (Å²) in [7, 11) is 0. The number of hydrogen-bond acceptors (Lipinski definition) is 5. The third-order valence-electron chi connectivity index (χ3n) is 5.39. The van der Waals surface area contributed by atoms with Gasteiger partial charge >= 0.3 is 12.1 Å². The molecule has 1 amide bonds.